The monoisotopic (exact) mass is 470 g/mol. The van der Waals surface area contributed by atoms with Crippen molar-refractivity contribution in [3.8, 4) is 0 Å². The zero-order valence-electron chi connectivity index (χ0n) is 16.2. The van der Waals surface area contributed by atoms with E-state index >= 15 is 0 Å². The fraction of sp³-hybridized carbons (Fsp3) is 0.471. The highest BCUT2D eigenvalue weighted by Crippen LogP contribution is 2.36. The quantitative estimate of drug-likeness (QED) is 0.0897. The normalized spacial score (nSPS) is 12.1. The molecule has 29 heavy (non-hydrogen) atoms. The Morgan fingerprint density at radius 3 is 2.48 bits per heavy atom. The number of amides is 1. The van der Waals surface area contributed by atoms with Gasteiger partial charge in [-0.2, -0.15) is 13.2 Å². The smallest absolute Gasteiger partial charge is 0.446 e. The Labute approximate surface area is 179 Å². The van der Waals surface area contributed by atoms with Crippen molar-refractivity contribution in [1.29, 1.82) is 0 Å². The molecule has 12 heteroatoms. The molecule has 0 spiro atoms. The van der Waals surface area contributed by atoms with E-state index in [9.17, 15) is 22.8 Å². The summed E-state index contributed by atoms with van der Waals surface area (Å²) in [6, 6.07) is 6.66. The second kappa shape index (κ2) is 12.2. The molecule has 0 fully saturated rings. The summed E-state index contributed by atoms with van der Waals surface area (Å²) in [5.41, 5.74) is 0.329. The predicted molar refractivity (Wildman–Crippen MR) is 111 cm³/mol. The molecular weight excluding hydrogens is 449 g/mol. The number of esters is 1. The van der Waals surface area contributed by atoms with E-state index in [0.717, 1.165) is 32.5 Å². The van der Waals surface area contributed by atoms with Crippen molar-refractivity contribution in [2.45, 2.75) is 31.3 Å². The lowest BCUT2D eigenvalue weighted by Gasteiger charge is -2.14. The summed E-state index contributed by atoms with van der Waals surface area (Å²) in [6.07, 6.45) is -3.88. The van der Waals surface area contributed by atoms with E-state index < -0.39 is 23.3 Å². The summed E-state index contributed by atoms with van der Waals surface area (Å²) < 4.78 is 44.0. The number of ether oxygens (including phenoxy) is 1. The van der Waals surface area contributed by atoms with Crippen LogP contribution in [0.25, 0.3) is 0 Å². The van der Waals surface area contributed by atoms with Crippen LogP contribution in [-0.4, -0.2) is 47.5 Å². The second-order valence-corrected chi connectivity index (χ2v) is 8.97. The molecular formula is C17H21F3N2O4S3. The van der Waals surface area contributed by atoms with E-state index in [2.05, 4.69) is 9.99 Å². The minimum atomic E-state index is -4.70. The molecule has 6 nitrogen and oxygen atoms in total. The Bertz CT molecular complexity index is 730. The van der Waals surface area contributed by atoms with Crippen molar-refractivity contribution in [2.24, 2.45) is 11.1 Å². The van der Waals surface area contributed by atoms with Gasteiger partial charge in [-0.3, -0.25) is 4.84 Å². The highest BCUT2D eigenvalue weighted by molar-refractivity contribution is 8.76. The van der Waals surface area contributed by atoms with Crippen molar-refractivity contribution in [2.75, 3.05) is 19.9 Å². The van der Waals surface area contributed by atoms with Gasteiger partial charge >= 0.3 is 18.2 Å². The average molecular weight is 471 g/mol. The number of carbonyl (C=O) groups is 2. The molecule has 0 aromatic heterocycles. The Morgan fingerprint density at radius 2 is 1.90 bits per heavy atom. The first-order valence-corrected chi connectivity index (χ1v) is 11.6. The molecule has 0 radical (unpaired) electrons. The van der Waals surface area contributed by atoms with Gasteiger partial charge in [0.25, 0.3) is 0 Å². The van der Waals surface area contributed by atoms with E-state index in [-0.39, 0.29) is 0 Å². The van der Waals surface area contributed by atoms with Crippen LogP contribution in [0.3, 0.4) is 0 Å². The maximum Gasteiger partial charge on any atom is 0.446 e. The summed E-state index contributed by atoms with van der Waals surface area (Å²) in [4.78, 5) is 29.0. The number of hydrogen-bond donors (Lipinski definition) is 0. The number of alkyl halides is 3. The molecule has 0 aliphatic carbocycles. The van der Waals surface area contributed by atoms with Crippen LogP contribution in [0, 0.1) is 5.92 Å². The van der Waals surface area contributed by atoms with Gasteiger partial charge < -0.3 is 4.74 Å². The average Bonchev–Trinajstić information content (AvgIpc) is 2.65. The summed E-state index contributed by atoms with van der Waals surface area (Å²) in [6.45, 7) is 4.33. The van der Waals surface area contributed by atoms with Crippen LogP contribution < -0.4 is 0 Å². The van der Waals surface area contributed by atoms with Crippen molar-refractivity contribution in [3.63, 3.8) is 0 Å². The number of rotatable bonds is 8. The van der Waals surface area contributed by atoms with Crippen molar-refractivity contribution >= 4 is 50.6 Å². The molecule has 1 aromatic rings. The lowest BCUT2D eigenvalue weighted by atomic mass is 10.1. The number of hydrogen-bond acceptors (Lipinski definition) is 8. The summed E-state index contributed by atoms with van der Waals surface area (Å²) in [5.74, 6) is -0.0896. The van der Waals surface area contributed by atoms with Crippen molar-refractivity contribution in [3.05, 3.63) is 29.8 Å². The highest BCUT2D eigenvalue weighted by atomic mass is 33.1. The van der Waals surface area contributed by atoms with E-state index in [4.69, 9.17) is 4.74 Å². The Hall–Kier alpha value is -1.53. The summed E-state index contributed by atoms with van der Waals surface area (Å²) in [7, 11) is 3.25. The largest absolute Gasteiger partial charge is 0.462 e. The van der Waals surface area contributed by atoms with Gasteiger partial charge in [0.2, 0.25) is 5.04 Å². The van der Waals surface area contributed by atoms with Crippen LogP contribution in [0.5, 0.6) is 0 Å². The SMILES string of the molecule is CSC(=NOC(=O)N(C)SSc1ccccc1C(=O)OCCC(C)C)C(F)(F)F. The molecule has 0 aliphatic heterocycles. The Morgan fingerprint density at radius 1 is 1.24 bits per heavy atom. The van der Waals surface area contributed by atoms with Gasteiger partial charge in [0.05, 0.1) is 12.2 Å². The topological polar surface area (TPSA) is 68.2 Å². The lowest BCUT2D eigenvalue weighted by molar-refractivity contribution is -0.0575. The number of halogens is 3. The Kier molecular flexibility index (Phi) is 10.8. The first kappa shape index (κ1) is 25.5. The maximum atomic E-state index is 12.6. The number of oxime groups is 1. The predicted octanol–water partition coefficient (Wildman–Crippen LogP) is 5.85. The third-order valence-corrected chi connectivity index (χ3v) is 6.28. The van der Waals surface area contributed by atoms with Crippen molar-refractivity contribution < 1.29 is 32.3 Å². The van der Waals surface area contributed by atoms with Gasteiger partial charge in [0.15, 0.2) is 0 Å². The van der Waals surface area contributed by atoms with Crippen LogP contribution >= 0.6 is 33.5 Å². The first-order chi connectivity index (χ1) is 13.6. The van der Waals surface area contributed by atoms with Gasteiger partial charge in [0, 0.05) is 22.9 Å². The molecule has 0 atom stereocenters. The highest BCUT2D eigenvalue weighted by Gasteiger charge is 2.36. The molecule has 162 valence electrons. The molecule has 0 saturated carbocycles. The molecule has 0 unspecified atom stereocenters. The van der Waals surface area contributed by atoms with E-state index in [1.165, 1.54) is 13.3 Å². The molecule has 1 amide bonds. The minimum absolute atomic E-state index is 0.295. The Balaban J connectivity index is 2.67. The van der Waals surface area contributed by atoms with Crippen LogP contribution in [-0.2, 0) is 9.57 Å². The maximum absolute atomic E-state index is 12.6. The van der Waals surface area contributed by atoms with E-state index in [0.29, 0.717) is 34.7 Å². The second-order valence-electron chi connectivity index (χ2n) is 5.93. The number of nitrogens with zero attached hydrogens (tertiary/aromatic N) is 2. The van der Waals surface area contributed by atoms with Gasteiger partial charge in [-0.25, -0.2) is 13.9 Å². The molecule has 1 aromatic carbocycles. The van der Waals surface area contributed by atoms with E-state index in [1.54, 1.807) is 24.3 Å². The zero-order chi connectivity index (χ0) is 22.0. The minimum Gasteiger partial charge on any atom is -0.462 e. The number of benzene rings is 1. The van der Waals surface area contributed by atoms with Gasteiger partial charge in [-0.15, -0.1) is 11.8 Å². The number of thioether (sulfide) groups is 1. The molecule has 0 bridgehead atoms. The van der Waals surface area contributed by atoms with Gasteiger partial charge in [-0.05, 0) is 41.5 Å². The van der Waals surface area contributed by atoms with Crippen LogP contribution in [0.1, 0.15) is 30.6 Å². The summed E-state index contributed by atoms with van der Waals surface area (Å²) >= 11 is 0.320. The lowest BCUT2D eigenvalue weighted by Crippen LogP contribution is -2.23. The molecule has 0 saturated heterocycles. The van der Waals surface area contributed by atoms with Crippen LogP contribution in [0.4, 0.5) is 18.0 Å². The standard InChI is InChI=1S/C17H21F3N2O4S3/c1-11(2)9-10-25-14(23)12-7-5-6-8-13(12)28-29-22(3)16(24)26-21-15(27-4)17(18,19)20/h5-8,11H,9-10H2,1-4H3. The first-order valence-electron chi connectivity index (χ1n) is 8.31. The van der Waals surface area contributed by atoms with Crippen molar-refractivity contribution in [1.82, 2.24) is 4.31 Å². The number of carbonyl (C=O) groups excluding carboxylic acids is 2. The zero-order valence-corrected chi connectivity index (χ0v) is 18.6. The van der Waals surface area contributed by atoms with Gasteiger partial charge in [-0.1, -0.05) is 31.1 Å². The fourth-order valence-electron chi connectivity index (χ4n) is 1.64. The third-order valence-electron chi connectivity index (χ3n) is 3.17. The van der Waals surface area contributed by atoms with Crippen LogP contribution in [0.2, 0.25) is 0 Å². The third kappa shape index (κ3) is 9.22. The van der Waals surface area contributed by atoms with Gasteiger partial charge in [0.1, 0.15) is 0 Å². The van der Waals surface area contributed by atoms with Crippen LogP contribution in [0.15, 0.2) is 34.3 Å². The summed E-state index contributed by atoms with van der Waals surface area (Å²) in [5, 5.41) is 1.58. The molecule has 0 heterocycles. The molecule has 0 N–H and O–H groups in total. The van der Waals surface area contributed by atoms with E-state index in [1.807, 2.05) is 13.8 Å². The molecule has 1 rings (SSSR count). The fourth-order valence-corrected chi connectivity index (χ4v) is 3.84. The molecule has 0 aliphatic rings.